The molecule has 0 saturated carbocycles. The van der Waals surface area contributed by atoms with E-state index in [9.17, 15) is 36.2 Å². The molecule has 0 radical (unpaired) electrons. The molecule has 0 unspecified atom stereocenters. The van der Waals surface area contributed by atoms with Gasteiger partial charge in [-0.2, -0.15) is 26.3 Å². The van der Waals surface area contributed by atoms with Crippen LogP contribution in [0.1, 0.15) is 21.5 Å². The Morgan fingerprint density at radius 1 is 0.757 bits per heavy atom. The summed E-state index contributed by atoms with van der Waals surface area (Å²) in [7, 11) is 0. The van der Waals surface area contributed by atoms with Gasteiger partial charge in [0.15, 0.2) is 0 Å². The summed E-state index contributed by atoms with van der Waals surface area (Å²) >= 11 is 0. The van der Waals surface area contributed by atoms with E-state index in [0.29, 0.717) is 61.5 Å². The molecule has 1 amide bonds. The number of piperazine rings is 1. The number of rotatable bonds is 5. The Hall–Kier alpha value is -3.44. The van der Waals surface area contributed by atoms with Gasteiger partial charge in [0.1, 0.15) is 0 Å². The molecule has 2 aromatic carbocycles. The van der Waals surface area contributed by atoms with E-state index in [0.717, 1.165) is 17.7 Å². The van der Waals surface area contributed by atoms with Gasteiger partial charge in [0, 0.05) is 56.2 Å². The first kappa shape index (κ1) is 26.6. The Kier molecular flexibility index (Phi) is 7.29. The number of amides is 1. The molecule has 2 heterocycles. The van der Waals surface area contributed by atoms with Crippen LogP contribution in [0.3, 0.4) is 0 Å². The first-order chi connectivity index (χ1) is 17.4. The van der Waals surface area contributed by atoms with Crippen LogP contribution in [0.15, 0.2) is 73.1 Å². The van der Waals surface area contributed by atoms with Crippen molar-refractivity contribution in [3.8, 4) is 11.1 Å². The molecule has 1 N–H and O–H groups in total. The van der Waals surface area contributed by atoms with Crippen molar-refractivity contribution < 1.29 is 36.2 Å². The van der Waals surface area contributed by atoms with Crippen molar-refractivity contribution in [2.24, 2.45) is 0 Å². The number of nitrogens with zero attached hydrogens (tertiary/aromatic N) is 3. The maximum Gasteiger partial charge on any atom is 0.430 e. The van der Waals surface area contributed by atoms with Crippen LogP contribution in [0.25, 0.3) is 11.1 Å². The molecule has 5 nitrogen and oxygen atoms in total. The van der Waals surface area contributed by atoms with Crippen LogP contribution in [-0.2, 0) is 12.1 Å². The van der Waals surface area contributed by atoms with Gasteiger partial charge in [-0.25, -0.2) is 0 Å². The number of hydrogen-bond donors (Lipinski definition) is 1. The minimum absolute atomic E-state index is 0.0404. The summed E-state index contributed by atoms with van der Waals surface area (Å²) in [5.74, 6) is -0.0404. The highest BCUT2D eigenvalue weighted by molar-refractivity contribution is 5.94. The van der Waals surface area contributed by atoms with Crippen molar-refractivity contribution in [2.45, 2.75) is 24.5 Å². The van der Waals surface area contributed by atoms with Crippen molar-refractivity contribution in [1.82, 2.24) is 14.8 Å². The smallest absolute Gasteiger partial charge is 0.369 e. The van der Waals surface area contributed by atoms with Gasteiger partial charge in [0.05, 0.1) is 0 Å². The molecule has 0 atom stereocenters. The van der Waals surface area contributed by atoms with Crippen LogP contribution >= 0.6 is 0 Å². The van der Waals surface area contributed by atoms with E-state index >= 15 is 0 Å². The van der Waals surface area contributed by atoms with Crippen LogP contribution < -0.4 is 0 Å². The maximum absolute atomic E-state index is 13.1. The highest BCUT2D eigenvalue weighted by Crippen LogP contribution is 2.50. The number of hydrogen-bond acceptors (Lipinski definition) is 4. The van der Waals surface area contributed by atoms with Crippen molar-refractivity contribution >= 4 is 5.91 Å². The van der Waals surface area contributed by atoms with Crippen molar-refractivity contribution in [3.63, 3.8) is 0 Å². The van der Waals surface area contributed by atoms with Gasteiger partial charge in [-0.15, -0.1) is 0 Å². The second-order valence-electron chi connectivity index (χ2n) is 8.78. The monoisotopic (exact) mass is 523 g/mol. The van der Waals surface area contributed by atoms with Gasteiger partial charge < -0.3 is 10.0 Å². The van der Waals surface area contributed by atoms with E-state index in [1.54, 1.807) is 41.6 Å². The van der Waals surface area contributed by atoms with Crippen LogP contribution in [0.4, 0.5) is 26.3 Å². The number of carbonyl (C=O) groups excluding carboxylic acids is 1. The summed E-state index contributed by atoms with van der Waals surface area (Å²) < 4.78 is 78.5. The number of benzene rings is 2. The van der Waals surface area contributed by atoms with E-state index in [1.165, 1.54) is 0 Å². The molecule has 0 bridgehead atoms. The zero-order valence-electron chi connectivity index (χ0n) is 19.4. The van der Waals surface area contributed by atoms with Crippen molar-refractivity contribution in [1.29, 1.82) is 0 Å². The first-order valence-corrected chi connectivity index (χ1v) is 11.4. The van der Waals surface area contributed by atoms with Crippen LogP contribution in [0, 0.1) is 0 Å². The van der Waals surface area contributed by atoms with Gasteiger partial charge in [0.2, 0.25) is 0 Å². The highest BCUT2D eigenvalue weighted by atomic mass is 19.4. The molecule has 11 heteroatoms. The topological polar surface area (TPSA) is 56.7 Å². The van der Waals surface area contributed by atoms with E-state index in [4.69, 9.17) is 0 Å². The van der Waals surface area contributed by atoms with E-state index in [1.807, 2.05) is 12.1 Å². The lowest BCUT2D eigenvalue weighted by Crippen LogP contribution is -2.53. The second-order valence-corrected chi connectivity index (χ2v) is 8.78. The summed E-state index contributed by atoms with van der Waals surface area (Å²) in [5.41, 5.74) is -3.67. The zero-order chi connectivity index (χ0) is 26.8. The Bertz CT molecular complexity index is 1190. The van der Waals surface area contributed by atoms with E-state index < -0.39 is 23.5 Å². The van der Waals surface area contributed by atoms with Gasteiger partial charge in [-0.05, 0) is 28.8 Å². The highest BCUT2D eigenvalue weighted by Gasteiger charge is 2.71. The lowest BCUT2D eigenvalue weighted by Gasteiger charge is -2.34. The van der Waals surface area contributed by atoms with E-state index in [2.05, 4.69) is 9.88 Å². The number of aromatic nitrogens is 1. The number of carbonyl (C=O) groups is 1. The number of halogens is 6. The van der Waals surface area contributed by atoms with Crippen LogP contribution in [0.5, 0.6) is 0 Å². The summed E-state index contributed by atoms with van der Waals surface area (Å²) in [4.78, 5) is 20.5. The molecule has 0 aliphatic carbocycles. The van der Waals surface area contributed by atoms with Crippen LogP contribution in [0.2, 0.25) is 0 Å². The third kappa shape index (κ3) is 5.47. The molecule has 1 aliphatic heterocycles. The fourth-order valence-electron chi connectivity index (χ4n) is 4.24. The SMILES string of the molecule is O=C(c1ccncc1)N1CCN(Cc2ccc(-c3ccc(C(O)(C(F)(F)F)C(F)(F)F)cc3)cc2)CC1. The fraction of sp³-hybridized carbons (Fsp3) is 0.308. The molecule has 196 valence electrons. The molecule has 3 aromatic rings. The molecule has 1 fully saturated rings. The van der Waals surface area contributed by atoms with Gasteiger partial charge in [0.25, 0.3) is 11.5 Å². The Labute approximate surface area is 209 Å². The molecular weight excluding hydrogens is 500 g/mol. The van der Waals surface area contributed by atoms with Crippen LogP contribution in [-0.4, -0.2) is 64.3 Å². The summed E-state index contributed by atoms with van der Waals surface area (Å²) in [5, 5.41) is 9.54. The maximum atomic E-state index is 13.1. The third-order valence-corrected chi connectivity index (χ3v) is 6.40. The second kappa shape index (κ2) is 10.1. The minimum Gasteiger partial charge on any atom is -0.369 e. The zero-order valence-corrected chi connectivity index (χ0v) is 19.4. The molecule has 1 aliphatic rings. The quantitative estimate of drug-likeness (QED) is 0.478. The fourth-order valence-corrected chi connectivity index (χ4v) is 4.24. The number of alkyl halides is 6. The predicted octanol–water partition coefficient (Wildman–Crippen LogP) is 5.02. The molecule has 1 aromatic heterocycles. The molecule has 37 heavy (non-hydrogen) atoms. The normalized spacial score (nSPS) is 15.6. The number of aliphatic hydroxyl groups is 1. The predicted molar refractivity (Wildman–Crippen MR) is 123 cm³/mol. The molecule has 0 spiro atoms. The molecule has 1 saturated heterocycles. The summed E-state index contributed by atoms with van der Waals surface area (Å²) in [6.45, 7) is 3.14. The summed E-state index contributed by atoms with van der Waals surface area (Å²) in [6, 6.07) is 14.0. The van der Waals surface area contributed by atoms with Crippen molar-refractivity contribution in [2.75, 3.05) is 26.2 Å². The lowest BCUT2D eigenvalue weighted by atomic mass is 9.90. The Morgan fingerprint density at radius 2 is 1.24 bits per heavy atom. The van der Waals surface area contributed by atoms with E-state index in [-0.39, 0.29) is 5.91 Å². The number of pyridine rings is 1. The Balaban J connectivity index is 1.38. The van der Waals surface area contributed by atoms with Gasteiger partial charge in [-0.3, -0.25) is 14.7 Å². The standard InChI is InChI=1S/C26H23F6N3O2/c27-25(28,29)24(37,26(30,31)32)22-7-5-20(6-8-22)19-3-1-18(2-4-19)17-34-13-15-35(16-14-34)23(36)21-9-11-33-12-10-21/h1-12,37H,13-17H2. The summed E-state index contributed by atoms with van der Waals surface area (Å²) in [6.07, 6.45) is -8.70. The third-order valence-electron chi connectivity index (χ3n) is 6.40. The minimum atomic E-state index is -5.92. The largest absolute Gasteiger partial charge is 0.430 e. The van der Waals surface area contributed by atoms with Crippen molar-refractivity contribution in [3.05, 3.63) is 89.7 Å². The average molecular weight is 523 g/mol. The van der Waals surface area contributed by atoms with Gasteiger partial charge in [-0.1, -0.05) is 48.5 Å². The Morgan fingerprint density at radius 3 is 1.73 bits per heavy atom. The first-order valence-electron chi connectivity index (χ1n) is 11.4. The lowest BCUT2D eigenvalue weighted by molar-refractivity contribution is -0.376. The molecular formula is C26H23F6N3O2. The average Bonchev–Trinajstić information content (AvgIpc) is 2.88. The molecule has 4 rings (SSSR count). The van der Waals surface area contributed by atoms with Gasteiger partial charge >= 0.3 is 12.4 Å².